The van der Waals surface area contributed by atoms with E-state index in [1.807, 2.05) is 0 Å². The van der Waals surface area contributed by atoms with E-state index in [9.17, 15) is 4.57 Å². The second-order valence-electron chi connectivity index (χ2n) is 3.52. The molecule has 1 aromatic heterocycles. The zero-order chi connectivity index (χ0) is 13.4. The number of nitrogens with zero attached hydrogens (tertiary/aromatic N) is 2. The topological polar surface area (TPSA) is 52.8 Å². The molecule has 0 aromatic carbocycles. The van der Waals surface area contributed by atoms with E-state index in [1.165, 1.54) is 0 Å². The Bertz CT molecular complexity index is 461. The molecule has 1 rings (SSSR count). The highest BCUT2D eigenvalue weighted by Crippen LogP contribution is 2.48. The number of rotatable bonds is 7. The first-order valence-electron chi connectivity index (χ1n) is 5.85. The number of hydrogen-bond acceptors (Lipinski definition) is 4. The summed E-state index contributed by atoms with van der Waals surface area (Å²) in [6.07, 6.45) is 0.754. The number of aromatic nitrogens is 1. The lowest BCUT2D eigenvalue weighted by atomic mass is 10.3. The molecule has 0 aliphatic heterocycles. The van der Waals surface area contributed by atoms with Gasteiger partial charge in [0.1, 0.15) is 5.69 Å². The van der Waals surface area contributed by atoms with Gasteiger partial charge >= 0.3 is 7.60 Å². The molecular formula is C12H17N2O3P. The fourth-order valence-corrected chi connectivity index (χ4v) is 3.10. The van der Waals surface area contributed by atoms with Gasteiger partial charge < -0.3 is 13.9 Å². The third-order valence-electron chi connectivity index (χ3n) is 2.20. The lowest BCUT2D eigenvalue weighted by Gasteiger charge is -2.15. The van der Waals surface area contributed by atoms with Gasteiger partial charge in [-0.15, -0.1) is 4.98 Å². The smallest absolute Gasteiger partial charge is 0.331 e. The first-order chi connectivity index (χ1) is 8.63. The summed E-state index contributed by atoms with van der Waals surface area (Å²) in [4.78, 5) is 7.38. The Kier molecular flexibility index (Phi) is 6.00. The molecule has 1 aromatic rings. The minimum Gasteiger partial charge on any atom is -0.361 e. The van der Waals surface area contributed by atoms with Crippen LogP contribution in [-0.4, -0.2) is 24.4 Å². The summed E-state index contributed by atoms with van der Waals surface area (Å²) < 4.78 is 22.6. The van der Waals surface area contributed by atoms with Gasteiger partial charge in [0.25, 0.3) is 5.82 Å². The molecule has 0 unspecified atom stereocenters. The Labute approximate surface area is 107 Å². The van der Waals surface area contributed by atoms with E-state index in [0.29, 0.717) is 25.5 Å². The molecule has 0 atom stereocenters. The first-order valence-corrected chi connectivity index (χ1v) is 7.58. The average Bonchev–Trinajstić information content (AvgIpc) is 2.37. The van der Waals surface area contributed by atoms with Crippen LogP contribution in [-0.2, 0) is 20.0 Å². The van der Waals surface area contributed by atoms with E-state index in [4.69, 9.17) is 15.6 Å². The molecule has 0 amide bonds. The normalized spacial score (nSPS) is 11.2. The van der Waals surface area contributed by atoms with Crippen LogP contribution in [0.5, 0.6) is 0 Å². The van der Waals surface area contributed by atoms with E-state index in [1.54, 1.807) is 32.0 Å². The van der Waals surface area contributed by atoms with Gasteiger partial charge in [0.2, 0.25) is 0 Å². The van der Waals surface area contributed by atoms with Crippen LogP contribution in [0.2, 0.25) is 0 Å². The van der Waals surface area contributed by atoms with E-state index < -0.39 is 7.60 Å². The molecule has 0 N–H and O–H groups in total. The predicted molar refractivity (Wildman–Crippen MR) is 69.9 cm³/mol. The molecule has 0 fully saturated rings. The van der Waals surface area contributed by atoms with Gasteiger partial charge in [-0.2, -0.15) is 0 Å². The van der Waals surface area contributed by atoms with Gasteiger partial charge in [0, 0.05) is 6.42 Å². The Balaban J connectivity index is 2.67. The third-order valence-corrected chi connectivity index (χ3v) is 4.27. The zero-order valence-corrected chi connectivity index (χ0v) is 11.5. The number of aryl methyl sites for hydroxylation is 1. The standard InChI is InChI=1S/C12H17N2O3P/c1-4-16-18(15,17-5-2)10-9-11-7-6-8-12(13-3)14-11/h6-8H,4-5,9-10H2,1-2H3. The van der Waals surface area contributed by atoms with Crippen molar-refractivity contribution in [2.24, 2.45) is 0 Å². The SMILES string of the molecule is [C-]#[N+]c1cccc(CCP(=O)(OCC)OCC)n1. The molecule has 0 aliphatic rings. The molecule has 0 radical (unpaired) electrons. The largest absolute Gasteiger partial charge is 0.361 e. The van der Waals surface area contributed by atoms with Crippen LogP contribution in [0.3, 0.4) is 0 Å². The first kappa shape index (κ1) is 14.8. The van der Waals surface area contributed by atoms with Crippen molar-refractivity contribution in [3.63, 3.8) is 0 Å². The number of hydrogen-bond donors (Lipinski definition) is 0. The summed E-state index contributed by atoms with van der Waals surface area (Å²) >= 11 is 0. The Morgan fingerprint density at radius 1 is 1.33 bits per heavy atom. The summed E-state index contributed by atoms with van der Waals surface area (Å²) in [6, 6.07) is 5.21. The highest BCUT2D eigenvalue weighted by Gasteiger charge is 2.23. The van der Waals surface area contributed by atoms with Crippen LogP contribution in [0, 0.1) is 6.57 Å². The minimum atomic E-state index is -3.03. The Morgan fingerprint density at radius 3 is 2.56 bits per heavy atom. The van der Waals surface area contributed by atoms with Gasteiger partial charge in [-0.25, -0.2) is 0 Å². The summed E-state index contributed by atoms with van der Waals surface area (Å²) in [7, 11) is -3.03. The molecule has 6 heteroatoms. The molecule has 0 spiro atoms. The van der Waals surface area contributed by atoms with Gasteiger partial charge in [-0.05, 0) is 26.0 Å². The van der Waals surface area contributed by atoms with Crippen LogP contribution >= 0.6 is 7.60 Å². The number of pyridine rings is 1. The van der Waals surface area contributed by atoms with Crippen molar-refractivity contribution in [2.45, 2.75) is 20.3 Å². The maximum absolute atomic E-state index is 12.2. The van der Waals surface area contributed by atoms with Crippen LogP contribution < -0.4 is 0 Å². The highest BCUT2D eigenvalue weighted by molar-refractivity contribution is 7.53. The monoisotopic (exact) mass is 268 g/mol. The summed E-state index contributed by atoms with van der Waals surface area (Å²) in [5.41, 5.74) is 0.725. The van der Waals surface area contributed by atoms with E-state index in [0.717, 1.165) is 5.69 Å². The summed E-state index contributed by atoms with van der Waals surface area (Å²) in [5, 5.41) is 0. The maximum atomic E-state index is 12.2. The van der Waals surface area contributed by atoms with Crippen molar-refractivity contribution in [2.75, 3.05) is 19.4 Å². The van der Waals surface area contributed by atoms with Gasteiger partial charge in [0.15, 0.2) is 0 Å². The summed E-state index contributed by atoms with van der Waals surface area (Å²) in [5.74, 6) is 0.343. The third kappa shape index (κ3) is 4.58. The van der Waals surface area contributed by atoms with Crippen LogP contribution in [0.4, 0.5) is 5.82 Å². The van der Waals surface area contributed by atoms with E-state index >= 15 is 0 Å². The average molecular weight is 268 g/mol. The molecule has 0 saturated heterocycles. The molecular weight excluding hydrogens is 251 g/mol. The van der Waals surface area contributed by atoms with E-state index in [2.05, 4.69) is 9.83 Å². The van der Waals surface area contributed by atoms with Crippen molar-refractivity contribution < 1.29 is 13.6 Å². The lowest BCUT2D eigenvalue weighted by Crippen LogP contribution is -2.03. The molecule has 0 bridgehead atoms. The van der Waals surface area contributed by atoms with Gasteiger partial charge in [0.05, 0.1) is 19.4 Å². The Morgan fingerprint density at radius 2 is 2.00 bits per heavy atom. The van der Waals surface area contributed by atoms with Gasteiger partial charge in [-0.3, -0.25) is 4.57 Å². The highest BCUT2D eigenvalue weighted by atomic mass is 31.2. The second-order valence-corrected chi connectivity index (χ2v) is 5.70. The van der Waals surface area contributed by atoms with Crippen molar-refractivity contribution in [1.82, 2.24) is 4.98 Å². The fourth-order valence-electron chi connectivity index (χ4n) is 1.48. The quantitative estimate of drug-likeness (QED) is 0.561. The van der Waals surface area contributed by atoms with Crippen LogP contribution in [0.25, 0.3) is 4.85 Å². The second kappa shape index (κ2) is 7.27. The van der Waals surface area contributed by atoms with E-state index in [-0.39, 0.29) is 6.16 Å². The zero-order valence-electron chi connectivity index (χ0n) is 10.6. The van der Waals surface area contributed by atoms with Crippen molar-refractivity contribution in [3.8, 4) is 0 Å². The predicted octanol–water partition coefficient (Wildman–Crippen LogP) is 3.44. The van der Waals surface area contributed by atoms with Crippen molar-refractivity contribution >= 4 is 13.4 Å². The van der Waals surface area contributed by atoms with Crippen molar-refractivity contribution in [1.29, 1.82) is 0 Å². The Hall–Kier alpha value is -1.21. The molecule has 98 valence electrons. The molecule has 1 heterocycles. The minimum absolute atomic E-state index is 0.281. The van der Waals surface area contributed by atoms with Gasteiger partial charge in [-0.1, -0.05) is 12.6 Å². The summed E-state index contributed by atoms with van der Waals surface area (Å²) in [6.45, 7) is 11.2. The lowest BCUT2D eigenvalue weighted by molar-refractivity contribution is 0.220. The fraction of sp³-hybridized carbons (Fsp3) is 0.500. The molecule has 0 saturated carbocycles. The van der Waals surface area contributed by atoms with Crippen LogP contribution in [0.1, 0.15) is 19.5 Å². The molecule has 0 aliphatic carbocycles. The van der Waals surface area contributed by atoms with Crippen molar-refractivity contribution in [3.05, 3.63) is 35.3 Å². The maximum Gasteiger partial charge on any atom is 0.331 e. The molecule has 18 heavy (non-hydrogen) atoms. The molecule has 5 nitrogen and oxygen atoms in total. The van der Waals surface area contributed by atoms with Crippen LogP contribution in [0.15, 0.2) is 18.2 Å².